The first-order chi connectivity index (χ1) is 15.5. The number of rotatable bonds is 4. The van der Waals surface area contributed by atoms with Gasteiger partial charge < -0.3 is 14.5 Å². The first kappa shape index (κ1) is 22.3. The summed E-state index contributed by atoms with van der Waals surface area (Å²) < 4.78 is 40.6. The Labute approximate surface area is 186 Å². The molecule has 0 saturated heterocycles. The summed E-state index contributed by atoms with van der Waals surface area (Å²) >= 11 is 0. The molecule has 10 heteroatoms. The van der Waals surface area contributed by atoms with Crippen molar-refractivity contribution < 1.29 is 18.0 Å². The predicted octanol–water partition coefficient (Wildman–Crippen LogP) is 4.23. The van der Waals surface area contributed by atoms with Crippen molar-refractivity contribution in [3.63, 3.8) is 0 Å². The molecule has 1 aromatic carbocycles. The number of carbonyl (C=O) groups is 1. The van der Waals surface area contributed by atoms with Crippen molar-refractivity contribution >= 4 is 22.5 Å². The number of nitrogens with one attached hydrogen (secondary N) is 1. The van der Waals surface area contributed by atoms with Crippen LogP contribution in [0.15, 0.2) is 53.7 Å². The molecule has 0 saturated carbocycles. The van der Waals surface area contributed by atoms with E-state index in [0.717, 1.165) is 39.1 Å². The summed E-state index contributed by atoms with van der Waals surface area (Å²) in [7, 11) is 1.68. The van der Waals surface area contributed by atoms with Crippen LogP contribution in [0.25, 0.3) is 22.0 Å². The van der Waals surface area contributed by atoms with Crippen LogP contribution in [0.1, 0.15) is 21.9 Å². The molecular formula is C23H20F3N5O2. The van der Waals surface area contributed by atoms with Gasteiger partial charge in [0.15, 0.2) is 5.82 Å². The quantitative estimate of drug-likeness (QED) is 0.499. The van der Waals surface area contributed by atoms with Crippen LogP contribution in [0.3, 0.4) is 0 Å². The van der Waals surface area contributed by atoms with Crippen molar-refractivity contribution in [2.45, 2.75) is 26.6 Å². The maximum absolute atomic E-state index is 13.1. The SMILES string of the molecule is Cc1cc2c(cn1)cc(-c1cc(NC(=O)c3nccn3CC(F)(F)F)ccc1C)c(=O)n2C. The Morgan fingerprint density at radius 2 is 1.85 bits per heavy atom. The number of nitrogens with zero attached hydrogens (tertiary/aromatic N) is 4. The zero-order valence-electron chi connectivity index (χ0n) is 18.1. The van der Waals surface area contributed by atoms with Crippen molar-refractivity contribution in [1.82, 2.24) is 19.1 Å². The summed E-state index contributed by atoms with van der Waals surface area (Å²) in [5.74, 6) is -1.15. The van der Waals surface area contributed by atoms with Gasteiger partial charge in [-0.25, -0.2) is 4.98 Å². The Morgan fingerprint density at radius 3 is 2.58 bits per heavy atom. The van der Waals surface area contributed by atoms with E-state index in [1.54, 1.807) is 37.5 Å². The van der Waals surface area contributed by atoms with Crippen LogP contribution in [-0.4, -0.2) is 31.2 Å². The van der Waals surface area contributed by atoms with Crippen molar-refractivity contribution in [3.8, 4) is 11.1 Å². The number of amides is 1. The zero-order valence-corrected chi connectivity index (χ0v) is 18.1. The van der Waals surface area contributed by atoms with Gasteiger partial charge in [-0.05, 0) is 49.2 Å². The number of hydrogen-bond donors (Lipinski definition) is 1. The van der Waals surface area contributed by atoms with Crippen molar-refractivity contribution in [2.24, 2.45) is 7.05 Å². The summed E-state index contributed by atoms with van der Waals surface area (Å²) in [6, 6.07) is 8.53. The fraction of sp³-hybridized carbons (Fsp3) is 0.217. The number of fused-ring (bicyclic) bond motifs is 1. The molecule has 0 aliphatic rings. The number of benzene rings is 1. The van der Waals surface area contributed by atoms with Crippen LogP contribution in [-0.2, 0) is 13.6 Å². The highest BCUT2D eigenvalue weighted by Crippen LogP contribution is 2.27. The average Bonchev–Trinajstić information content (AvgIpc) is 3.19. The van der Waals surface area contributed by atoms with E-state index in [9.17, 15) is 22.8 Å². The van der Waals surface area contributed by atoms with Crippen LogP contribution in [0.4, 0.5) is 18.9 Å². The van der Waals surface area contributed by atoms with Crippen LogP contribution in [0.5, 0.6) is 0 Å². The van der Waals surface area contributed by atoms with E-state index < -0.39 is 18.6 Å². The average molecular weight is 455 g/mol. The molecule has 3 aromatic heterocycles. The van der Waals surface area contributed by atoms with Gasteiger partial charge in [0.2, 0.25) is 0 Å². The third-order valence-electron chi connectivity index (χ3n) is 5.30. The fourth-order valence-electron chi connectivity index (χ4n) is 3.67. The zero-order chi connectivity index (χ0) is 23.9. The van der Waals surface area contributed by atoms with Gasteiger partial charge in [-0.1, -0.05) is 6.07 Å². The lowest BCUT2D eigenvalue weighted by Crippen LogP contribution is -2.24. The first-order valence-corrected chi connectivity index (χ1v) is 10.00. The molecule has 1 N–H and O–H groups in total. The van der Waals surface area contributed by atoms with E-state index in [2.05, 4.69) is 15.3 Å². The number of pyridine rings is 2. The molecule has 0 fully saturated rings. The van der Waals surface area contributed by atoms with Gasteiger partial charge >= 0.3 is 6.18 Å². The summed E-state index contributed by atoms with van der Waals surface area (Å²) in [4.78, 5) is 33.7. The molecule has 0 bridgehead atoms. The molecule has 0 unspecified atom stereocenters. The van der Waals surface area contributed by atoms with Crippen molar-refractivity contribution in [1.29, 1.82) is 0 Å². The summed E-state index contributed by atoms with van der Waals surface area (Å²) in [6.07, 6.45) is -0.571. The van der Waals surface area contributed by atoms with Gasteiger partial charge in [-0.15, -0.1) is 0 Å². The molecule has 1 amide bonds. The first-order valence-electron chi connectivity index (χ1n) is 10.00. The number of alkyl halides is 3. The predicted molar refractivity (Wildman–Crippen MR) is 118 cm³/mol. The van der Waals surface area contributed by atoms with Crippen molar-refractivity contribution in [2.75, 3.05) is 5.32 Å². The molecule has 0 spiro atoms. The molecule has 170 valence electrons. The number of carbonyl (C=O) groups excluding carboxylic acids is 1. The minimum Gasteiger partial charge on any atom is -0.319 e. The van der Waals surface area contributed by atoms with Gasteiger partial charge in [0, 0.05) is 48.0 Å². The highest BCUT2D eigenvalue weighted by Gasteiger charge is 2.30. The van der Waals surface area contributed by atoms with Crippen LogP contribution >= 0.6 is 0 Å². The molecule has 4 rings (SSSR count). The Hall–Kier alpha value is -3.95. The van der Waals surface area contributed by atoms with Gasteiger partial charge in [-0.2, -0.15) is 13.2 Å². The van der Waals surface area contributed by atoms with Crippen molar-refractivity contribution in [3.05, 3.63) is 76.4 Å². The lowest BCUT2D eigenvalue weighted by molar-refractivity contribution is -0.140. The van der Waals surface area contributed by atoms with E-state index in [-0.39, 0.29) is 11.4 Å². The Bertz CT molecular complexity index is 1440. The number of aromatic nitrogens is 4. The topological polar surface area (TPSA) is 81.8 Å². The molecule has 0 radical (unpaired) electrons. The van der Waals surface area contributed by atoms with Crippen LogP contribution in [0, 0.1) is 13.8 Å². The second-order valence-electron chi connectivity index (χ2n) is 7.78. The number of aryl methyl sites for hydroxylation is 3. The molecular weight excluding hydrogens is 435 g/mol. The van der Waals surface area contributed by atoms with E-state index in [0.29, 0.717) is 16.8 Å². The molecule has 0 atom stereocenters. The van der Waals surface area contributed by atoms with E-state index in [1.165, 1.54) is 4.57 Å². The molecule has 0 aliphatic carbocycles. The lowest BCUT2D eigenvalue weighted by atomic mass is 9.99. The van der Waals surface area contributed by atoms with Crippen LogP contribution in [0.2, 0.25) is 0 Å². The summed E-state index contributed by atoms with van der Waals surface area (Å²) in [5.41, 5.74) is 3.44. The second kappa shape index (κ2) is 8.19. The number of halogens is 3. The number of imidazole rings is 1. The largest absolute Gasteiger partial charge is 0.406 e. The summed E-state index contributed by atoms with van der Waals surface area (Å²) in [5, 5.41) is 3.35. The minimum absolute atomic E-state index is 0.222. The van der Waals surface area contributed by atoms with E-state index >= 15 is 0 Å². The molecule has 3 heterocycles. The normalized spacial score (nSPS) is 11.7. The van der Waals surface area contributed by atoms with E-state index in [4.69, 9.17) is 0 Å². The highest BCUT2D eigenvalue weighted by molar-refractivity contribution is 6.02. The van der Waals surface area contributed by atoms with Gasteiger partial charge in [0.1, 0.15) is 6.54 Å². The maximum atomic E-state index is 13.1. The Balaban J connectivity index is 1.71. The molecule has 0 aliphatic heterocycles. The van der Waals surface area contributed by atoms with Crippen LogP contribution < -0.4 is 10.9 Å². The smallest absolute Gasteiger partial charge is 0.319 e. The lowest BCUT2D eigenvalue weighted by Gasteiger charge is -2.14. The maximum Gasteiger partial charge on any atom is 0.406 e. The second-order valence-corrected chi connectivity index (χ2v) is 7.78. The summed E-state index contributed by atoms with van der Waals surface area (Å²) in [6.45, 7) is 2.34. The third kappa shape index (κ3) is 4.50. The monoisotopic (exact) mass is 455 g/mol. The Kier molecular flexibility index (Phi) is 5.52. The Morgan fingerprint density at radius 1 is 1.09 bits per heavy atom. The van der Waals surface area contributed by atoms with Gasteiger partial charge in [-0.3, -0.25) is 14.6 Å². The molecule has 7 nitrogen and oxygen atoms in total. The highest BCUT2D eigenvalue weighted by atomic mass is 19.4. The number of anilines is 1. The standard InChI is InChI=1S/C23H20F3N5O2/c1-13-4-5-16(29-21(32)20-27-6-7-31(20)12-23(24,25)26)10-17(13)18-9-15-11-28-14(2)8-19(15)30(3)22(18)33/h4-11H,12H2,1-3H3,(H,29,32). The molecule has 33 heavy (non-hydrogen) atoms. The van der Waals surface area contributed by atoms with Gasteiger partial charge in [0.05, 0.1) is 5.52 Å². The fourth-order valence-corrected chi connectivity index (χ4v) is 3.67. The number of hydrogen-bond acceptors (Lipinski definition) is 4. The molecule has 4 aromatic rings. The van der Waals surface area contributed by atoms with E-state index in [1.807, 2.05) is 19.9 Å². The third-order valence-corrected chi connectivity index (χ3v) is 5.30. The minimum atomic E-state index is -4.49. The van der Waals surface area contributed by atoms with Gasteiger partial charge in [0.25, 0.3) is 11.5 Å².